The number of rotatable bonds is 9. The van der Waals surface area contributed by atoms with Crippen LogP contribution in [-0.2, 0) is 19.0 Å². The molecule has 4 heteroatoms. The van der Waals surface area contributed by atoms with Gasteiger partial charge in [0.1, 0.15) is 0 Å². The van der Waals surface area contributed by atoms with Crippen molar-refractivity contribution in [2.24, 2.45) is 11.8 Å². The van der Waals surface area contributed by atoms with E-state index >= 15 is 0 Å². The van der Waals surface area contributed by atoms with Crippen molar-refractivity contribution in [2.45, 2.75) is 44.9 Å². The van der Waals surface area contributed by atoms with Gasteiger partial charge in [-0.15, -0.1) is 0 Å². The van der Waals surface area contributed by atoms with Crippen molar-refractivity contribution in [2.75, 3.05) is 34.0 Å². The summed E-state index contributed by atoms with van der Waals surface area (Å²) >= 11 is 0. The monoisotopic (exact) mass is 272 g/mol. The Morgan fingerprint density at radius 1 is 1.05 bits per heavy atom. The van der Waals surface area contributed by atoms with Crippen LogP contribution in [0, 0.1) is 11.8 Å². The third-order valence-corrected chi connectivity index (χ3v) is 3.77. The maximum atomic E-state index is 11.7. The summed E-state index contributed by atoms with van der Waals surface area (Å²) in [6.45, 7) is 1.51. The summed E-state index contributed by atoms with van der Waals surface area (Å²) in [6, 6.07) is 0. The molecule has 0 heterocycles. The molecule has 1 rings (SSSR count). The van der Waals surface area contributed by atoms with Crippen LogP contribution in [0.5, 0.6) is 0 Å². The van der Waals surface area contributed by atoms with Crippen molar-refractivity contribution < 1.29 is 19.0 Å². The Bertz CT molecular complexity index is 230. The molecule has 0 aromatic rings. The second-order valence-electron chi connectivity index (χ2n) is 5.50. The summed E-state index contributed by atoms with van der Waals surface area (Å²) in [5, 5.41) is 0. The molecule has 0 aromatic heterocycles. The maximum absolute atomic E-state index is 11.7. The molecule has 0 saturated heterocycles. The van der Waals surface area contributed by atoms with Crippen LogP contribution in [0.4, 0.5) is 0 Å². The molecule has 112 valence electrons. The largest absolute Gasteiger partial charge is 0.465 e. The first kappa shape index (κ1) is 16.4. The molecule has 1 aliphatic carbocycles. The fourth-order valence-electron chi connectivity index (χ4n) is 2.70. The van der Waals surface area contributed by atoms with Gasteiger partial charge in [0.15, 0.2) is 0 Å². The fourth-order valence-corrected chi connectivity index (χ4v) is 2.70. The van der Waals surface area contributed by atoms with Crippen LogP contribution < -0.4 is 0 Å². The van der Waals surface area contributed by atoms with Crippen LogP contribution in [0.1, 0.15) is 44.9 Å². The van der Waals surface area contributed by atoms with E-state index in [1.807, 2.05) is 0 Å². The van der Waals surface area contributed by atoms with E-state index < -0.39 is 0 Å². The van der Waals surface area contributed by atoms with Crippen molar-refractivity contribution in [3.05, 3.63) is 0 Å². The van der Waals surface area contributed by atoms with E-state index in [4.69, 9.17) is 14.2 Å². The van der Waals surface area contributed by atoms with E-state index in [0.29, 0.717) is 26.2 Å². The number of ether oxygens (including phenoxy) is 3. The van der Waals surface area contributed by atoms with E-state index in [-0.39, 0.29) is 11.9 Å². The summed E-state index contributed by atoms with van der Waals surface area (Å²) in [5.74, 6) is 0.784. The number of carbonyl (C=O) groups excluding carboxylic acids is 1. The highest BCUT2D eigenvalue weighted by Crippen LogP contribution is 2.27. The predicted molar refractivity (Wildman–Crippen MR) is 74.0 cm³/mol. The van der Waals surface area contributed by atoms with Crippen LogP contribution in [0.3, 0.4) is 0 Å². The number of hydrogen-bond acceptors (Lipinski definition) is 4. The third kappa shape index (κ3) is 7.53. The Morgan fingerprint density at radius 3 is 2.26 bits per heavy atom. The summed E-state index contributed by atoms with van der Waals surface area (Å²) in [4.78, 5) is 11.7. The van der Waals surface area contributed by atoms with Gasteiger partial charge < -0.3 is 14.2 Å². The molecular weight excluding hydrogens is 244 g/mol. The van der Waals surface area contributed by atoms with Crippen molar-refractivity contribution in [1.82, 2.24) is 0 Å². The van der Waals surface area contributed by atoms with E-state index in [9.17, 15) is 4.79 Å². The van der Waals surface area contributed by atoms with Gasteiger partial charge in [-0.1, -0.05) is 32.1 Å². The lowest BCUT2D eigenvalue weighted by atomic mass is 9.86. The van der Waals surface area contributed by atoms with Crippen molar-refractivity contribution in [1.29, 1.82) is 0 Å². The zero-order valence-electron chi connectivity index (χ0n) is 12.4. The number of esters is 1. The number of hydrogen-bond donors (Lipinski definition) is 0. The molecule has 0 radical (unpaired) electrons. The molecule has 0 aliphatic heterocycles. The molecule has 0 bridgehead atoms. The molecule has 0 amide bonds. The van der Waals surface area contributed by atoms with Crippen LogP contribution in [0.15, 0.2) is 0 Å². The first-order chi connectivity index (χ1) is 9.26. The van der Waals surface area contributed by atoms with Gasteiger partial charge in [-0.05, 0) is 12.3 Å². The normalized spacial score (nSPS) is 16.8. The Labute approximate surface area is 116 Å². The zero-order valence-corrected chi connectivity index (χ0v) is 12.4. The molecule has 0 N–H and O–H groups in total. The Morgan fingerprint density at radius 2 is 1.68 bits per heavy atom. The summed E-state index contributed by atoms with van der Waals surface area (Å²) in [5.41, 5.74) is 0. The van der Waals surface area contributed by atoms with Crippen LogP contribution >= 0.6 is 0 Å². The third-order valence-electron chi connectivity index (χ3n) is 3.77. The van der Waals surface area contributed by atoms with Gasteiger partial charge in [0.25, 0.3) is 0 Å². The van der Waals surface area contributed by atoms with Gasteiger partial charge in [-0.2, -0.15) is 0 Å². The van der Waals surface area contributed by atoms with Gasteiger partial charge in [-0.25, -0.2) is 0 Å². The zero-order chi connectivity index (χ0) is 13.9. The van der Waals surface area contributed by atoms with Gasteiger partial charge >= 0.3 is 5.97 Å². The predicted octanol–water partition coefficient (Wildman–Crippen LogP) is 2.80. The number of carbonyl (C=O) groups is 1. The maximum Gasteiger partial charge on any atom is 0.305 e. The number of methoxy groups -OCH3 is 2. The molecule has 0 atom stereocenters. The highest BCUT2D eigenvalue weighted by molar-refractivity contribution is 5.69. The lowest BCUT2D eigenvalue weighted by Crippen LogP contribution is -2.22. The van der Waals surface area contributed by atoms with Crippen molar-refractivity contribution >= 4 is 5.97 Å². The second kappa shape index (κ2) is 10.2. The van der Waals surface area contributed by atoms with Crippen LogP contribution in [0.25, 0.3) is 0 Å². The minimum absolute atomic E-state index is 0.0808. The van der Waals surface area contributed by atoms with Gasteiger partial charge in [0.05, 0.1) is 19.8 Å². The smallest absolute Gasteiger partial charge is 0.305 e. The van der Waals surface area contributed by atoms with Crippen molar-refractivity contribution in [3.8, 4) is 0 Å². The van der Waals surface area contributed by atoms with Crippen LogP contribution in [-0.4, -0.2) is 40.0 Å². The summed E-state index contributed by atoms with van der Waals surface area (Å²) in [6.07, 6.45) is 8.10. The molecule has 1 fully saturated rings. The topological polar surface area (TPSA) is 44.8 Å². The van der Waals surface area contributed by atoms with E-state index in [2.05, 4.69) is 0 Å². The van der Waals surface area contributed by atoms with E-state index in [0.717, 1.165) is 12.3 Å². The Balaban J connectivity index is 2.11. The minimum Gasteiger partial charge on any atom is -0.465 e. The molecule has 0 unspecified atom stereocenters. The average Bonchev–Trinajstić information content (AvgIpc) is 2.44. The SMILES string of the molecule is COCC(COC)COC(=O)CCC1CCCCC1. The Kier molecular flexibility index (Phi) is 8.84. The lowest BCUT2D eigenvalue weighted by Gasteiger charge is -2.21. The standard InChI is InChI=1S/C15H28O4/c1-17-10-14(11-18-2)12-19-15(16)9-8-13-6-4-3-5-7-13/h13-14H,3-12H2,1-2H3. The van der Waals surface area contributed by atoms with E-state index in [1.165, 1.54) is 32.1 Å². The van der Waals surface area contributed by atoms with Crippen molar-refractivity contribution in [3.63, 3.8) is 0 Å². The average molecular weight is 272 g/mol. The fraction of sp³-hybridized carbons (Fsp3) is 0.933. The van der Waals surface area contributed by atoms with Gasteiger partial charge in [-0.3, -0.25) is 4.79 Å². The first-order valence-corrected chi connectivity index (χ1v) is 7.39. The molecule has 1 saturated carbocycles. The Hall–Kier alpha value is -0.610. The summed E-state index contributed by atoms with van der Waals surface area (Å²) in [7, 11) is 3.29. The van der Waals surface area contributed by atoms with E-state index in [1.54, 1.807) is 14.2 Å². The molecule has 19 heavy (non-hydrogen) atoms. The summed E-state index contributed by atoms with van der Waals surface area (Å²) < 4.78 is 15.4. The quantitative estimate of drug-likeness (QED) is 0.605. The molecular formula is C15H28O4. The van der Waals surface area contributed by atoms with Gasteiger partial charge in [0, 0.05) is 26.6 Å². The highest BCUT2D eigenvalue weighted by atomic mass is 16.5. The van der Waals surface area contributed by atoms with Gasteiger partial charge in [0.2, 0.25) is 0 Å². The minimum atomic E-state index is -0.0808. The first-order valence-electron chi connectivity index (χ1n) is 7.39. The molecule has 0 spiro atoms. The van der Waals surface area contributed by atoms with Crippen LogP contribution in [0.2, 0.25) is 0 Å². The molecule has 0 aromatic carbocycles. The molecule has 4 nitrogen and oxygen atoms in total. The highest BCUT2D eigenvalue weighted by Gasteiger charge is 2.16. The molecule has 1 aliphatic rings. The second-order valence-corrected chi connectivity index (χ2v) is 5.50. The lowest BCUT2D eigenvalue weighted by molar-refractivity contribution is -0.146.